The summed E-state index contributed by atoms with van der Waals surface area (Å²) in [5.74, 6) is 0. The Kier molecular flexibility index (Phi) is 4.65. The van der Waals surface area contributed by atoms with Crippen LogP contribution in [0.2, 0.25) is 0 Å². The third-order valence-electron chi connectivity index (χ3n) is 2.51. The molecule has 0 radical (unpaired) electrons. The van der Waals surface area contributed by atoms with Crippen molar-refractivity contribution in [2.24, 2.45) is 0 Å². The van der Waals surface area contributed by atoms with Crippen molar-refractivity contribution in [2.75, 3.05) is 6.54 Å². The van der Waals surface area contributed by atoms with E-state index in [1.807, 2.05) is 0 Å². The number of carbonyl (C=O) groups excluding carboxylic acids is 1. The van der Waals surface area contributed by atoms with Gasteiger partial charge in [-0.05, 0) is 25.7 Å². The van der Waals surface area contributed by atoms with Crippen molar-refractivity contribution in [2.45, 2.75) is 51.5 Å². The molecule has 76 valence electrons. The normalized spacial score (nSPS) is 16.4. The average molecular weight is 184 g/mol. The van der Waals surface area contributed by atoms with Gasteiger partial charge in [0.25, 0.3) is 0 Å². The molecule has 1 aliphatic carbocycles. The zero-order valence-electron chi connectivity index (χ0n) is 8.44. The van der Waals surface area contributed by atoms with E-state index in [1.54, 1.807) is 0 Å². The molecule has 3 nitrogen and oxygen atoms in total. The van der Waals surface area contributed by atoms with Crippen molar-refractivity contribution >= 4 is 6.03 Å². The predicted octanol–water partition coefficient (Wildman–Crippen LogP) is 2.03. The Morgan fingerprint density at radius 2 is 2.15 bits per heavy atom. The molecule has 0 unspecified atom stereocenters. The van der Waals surface area contributed by atoms with E-state index in [0.29, 0.717) is 6.04 Å². The smallest absolute Gasteiger partial charge is 0.315 e. The van der Waals surface area contributed by atoms with Crippen LogP contribution in [0.5, 0.6) is 0 Å². The molecule has 2 amide bonds. The molecule has 0 bridgehead atoms. The van der Waals surface area contributed by atoms with Gasteiger partial charge in [-0.25, -0.2) is 4.79 Å². The summed E-state index contributed by atoms with van der Waals surface area (Å²) in [7, 11) is 0. The second-order valence-corrected chi connectivity index (χ2v) is 3.74. The molecule has 0 aromatic rings. The maximum absolute atomic E-state index is 11.2. The van der Waals surface area contributed by atoms with Crippen LogP contribution in [0.25, 0.3) is 0 Å². The molecule has 0 aromatic heterocycles. The topological polar surface area (TPSA) is 41.1 Å². The van der Waals surface area contributed by atoms with E-state index < -0.39 is 0 Å². The highest BCUT2D eigenvalue weighted by molar-refractivity contribution is 5.74. The number of hydrogen-bond acceptors (Lipinski definition) is 1. The van der Waals surface area contributed by atoms with Crippen molar-refractivity contribution in [3.8, 4) is 0 Å². The van der Waals surface area contributed by atoms with E-state index in [-0.39, 0.29) is 6.03 Å². The molecule has 0 heterocycles. The molecule has 2 N–H and O–H groups in total. The Morgan fingerprint density at radius 1 is 1.38 bits per heavy atom. The first-order valence-electron chi connectivity index (χ1n) is 5.37. The van der Waals surface area contributed by atoms with Gasteiger partial charge >= 0.3 is 6.03 Å². The first kappa shape index (κ1) is 10.4. The van der Waals surface area contributed by atoms with E-state index in [1.165, 1.54) is 19.3 Å². The number of hydrogen-bond donors (Lipinski definition) is 2. The third kappa shape index (κ3) is 4.15. The number of amides is 2. The second kappa shape index (κ2) is 5.84. The number of urea groups is 1. The molecule has 0 aliphatic heterocycles. The molecule has 13 heavy (non-hydrogen) atoms. The molecule has 0 spiro atoms. The van der Waals surface area contributed by atoms with E-state index in [2.05, 4.69) is 17.6 Å². The molecule has 0 aromatic carbocycles. The van der Waals surface area contributed by atoms with E-state index in [9.17, 15) is 4.79 Å². The van der Waals surface area contributed by atoms with Gasteiger partial charge in [0.05, 0.1) is 0 Å². The van der Waals surface area contributed by atoms with Crippen LogP contribution in [0.3, 0.4) is 0 Å². The Balaban J connectivity index is 1.91. The van der Waals surface area contributed by atoms with Crippen molar-refractivity contribution < 1.29 is 4.79 Å². The van der Waals surface area contributed by atoms with Gasteiger partial charge < -0.3 is 10.6 Å². The fraction of sp³-hybridized carbons (Fsp3) is 0.900. The van der Waals surface area contributed by atoms with Gasteiger partial charge in [-0.1, -0.05) is 19.8 Å². The van der Waals surface area contributed by atoms with Crippen molar-refractivity contribution in [1.29, 1.82) is 0 Å². The van der Waals surface area contributed by atoms with E-state index >= 15 is 0 Å². The van der Waals surface area contributed by atoms with Crippen LogP contribution in [0, 0.1) is 0 Å². The highest BCUT2D eigenvalue weighted by atomic mass is 16.2. The summed E-state index contributed by atoms with van der Waals surface area (Å²) in [6, 6.07) is 0.465. The lowest BCUT2D eigenvalue weighted by Gasteiger charge is -2.26. The van der Waals surface area contributed by atoms with Crippen LogP contribution in [-0.2, 0) is 0 Å². The van der Waals surface area contributed by atoms with Crippen LogP contribution in [0.1, 0.15) is 45.4 Å². The van der Waals surface area contributed by atoms with Crippen LogP contribution in [-0.4, -0.2) is 18.6 Å². The number of rotatable bonds is 5. The lowest BCUT2D eigenvalue weighted by atomic mass is 9.93. The molecule has 3 heteroatoms. The van der Waals surface area contributed by atoms with Gasteiger partial charge in [-0.15, -0.1) is 0 Å². The Bertz CT molecular complexity index is 155. The van der Waals surface area contributed by atoms with Gasteiger partial charge in [-0.2, -0.15) is 0 Å². The summed E-state index contributed by atoms with van der Waals surface area (Å²) in [5, 5.41) is 5.81. The number of carbonyl (C=O) groups is 1. The largest absolute Gasteiger partial charge is 0.338 e. The molecule has 0 atom stereocenters. The monoisotopic (exact) mass is 184 g/mol. The van der Waals surface area contributed by atoms with Crippen molar-refractivity contribution in [3.05, 3.63) is 0 Å². The van der Waals surface area contributed by atoms with Crippen LogP contribution >= 0.6 is 0 Å². The summed E-state index contributed by atoms with van der Waals surface area (Å²) >= 11 is 0. The molecule has 0 saturated heterocycles. The second-order valence-electron chi connectivity index (χ2n) is 3.74. The Labute approximate surface area is 80.3 Å². The van der Waals surface area contributed by atoms with Gasteiger partial charge in [-0.3, -0.25) is 0 Å². The fourth-order valence-corrected chi connectivity index (χ4v) is 1.37. The van der Waals surface area contributed by atoms with Crippen LogP contribution < -0.4 is 10.6 Å². The zero-order valence-corrected chi connectivity index (χ0v) is 8.44. The standard InChI is InChI=1S/C10H20N2O/c1-2-3-4-8-11-10(13)12-9-6-5-7-9/h9H,2-8H2,1H3,(H2,11,12,13). The summed E-state index contributed by atoms with van der Waals surface area (Å²) in [6.07, 6.45) is 7.07. The fourth-order valence-electron chi connectivity index (χ4n) is 1.37. The van der Waals surface area contributed by atoms with Gasteiger partial charge in [0, 0.05) is 12.6 Å². The first-order valence-corrected chi connectivity index (χ1v) is 5.37. The highest BCUT2D eigenvalue weighted by Gasteiger charge is 2.18. The summed E-state index contributed by atoms with van der Waals surface area (Å²) in [4.78, 5) is 11.2. The van der Waals surface area contributed by atoms with E-state index in [0.717, 1.165) is 25.8 Å². The summed E-state index contributed by atoms with van der Waals surface area (Å²) in [5.41, 5.74) is 0. The van der Waals surface area contributed by atoms with E-state index in [4.69, 9.17) is 0 Å². The quantitative estimate of drug-likeness (QED) is 0.631. The molecular formula is C10H20N2O. The minimum absolute atomic E-state index is 0.0146. The van der Waals surface area contributed by atoms with Crippen LogP contribution in [0.15, 0.2) is 0 Å². The van der Waals surface area contributed by atoms with Crippen LogP contribution in [0.4, 0.5) is 4.79 Å². The Morgan fingerprint density at radius 3 is 2.69 bits per heavy atom. The van der Waals surface area contributed by atoms with Crippen molar-refractivity contribution in [3.63, 3.8) is 0 Å². The summed E-state index contributed by atoms with van der Waals surface area (Å²) in [6.45, 7) is 2.97. The number of unbranched alkanes of at least 4 members (excludes halogenated alkanes) is 2. The summed E-state index contributed by atoms with van der Waals surface area (Å²) < 4.78 is 0. The molecule has 1 saturated carbocycles. The lowest BCUT2D eigenvalue weighted by Crippen LogP contribution is -2.45. The lowest BCUT2D eigenvalue weighted by molar-refractivity contribution is 0.228. The third-order valence-corrected chi connectivity index (χ3v) is 2.51. The van der Waals surface area contributed by atoms with Gasteiger partial charge in [0.15, 0.2) is 0 Å². The molecular weight excluding hydrogens is 164 g/mol. The Hall–Kier alpha value is -0.730. The SMILES string of the molecule is CCCCCNC(=O)NC1CCC1. The zero-order chi connectivity index (χ0) is 9.52. The minimum atomic E-state index is 0.0146. The number of nitrogens with one attached hydrogen (secondary N) is 2. The highest BCUT2D eigenvalue weighted by Crippen LogP contribution is 2.17. The first-order chi connectivity index (χ1) is 6.33. The van der Waals surface area contributed by atoms with Gasteiger partial charge in [0.2, 0.25) is 0 Å². The maximum atomic E-state index is 11.2. The molecule has 1 fully saturated rings. The minimum Gasteiger partial charge on any atom is -0.338 e. The predicted molar refractivity (Wildman–Crippen MR) is 53.7 cm³/mol. The van der Waals surface area contributed by atoms with Crippen molar-refractivity contribution in [1.82, 2.24) is 10.6 Å². The maximum Gasteiger partial charge on any atom is 0.315 e. The van der Waals surface area contributed by atoms with Gasteiger partial charge in [0.1, 0.15) is 0 Å². The average Bonchev–Trinajstić information content (AvgIpc) is 2.06. The molecule has 1 aliphatic rings. The molecule has 1 rings (SSSR count).